The first-order valence-electron chi connectivity index (χ1n) is 9.50. The molecule has 150 valence electrons. The van der Waals surface area contributed by atoms with E-state index >= 15 is 0 Å². The van der Waals surface area contributed by atoms with Gasteiger partial charge in [0.25, 0.3) is 0 Å². The van der Waals surface area contributed by atoms with Crippen molar-refractivity contribution in [1.82, 2.24) is 9.21 Å². The zero-order valence-corrected chi connectivity index (χ0v) is 17.1. The minimum atomic E-state index is -3.58. The van der Waals surface area contributed by atoms with E-state index in [1.807, 2.05) is 18.2 Å². The highest BCUT2D eigenvalue weighted by Gasteiger charge is 2.30. The van der Waals surface area contributed by atoms with Crippen molar-refractivity contribution >= 4 is 16.0 Å². The lowest BCUT2D eigenvalue weighted by Crippen LogP contribution is -2.49. The Morgan fingerprint density at radius 1 is 1.00 bits per heavy atom. The van der Waals surface area contributed by atoms with Gasteiger partial charge in [-0.05, 0) is 43.7 Å². The Morgan fingerprint density at radius 3 is 2.18 bits per heavy atom. The van der Waals surface area contributed by atoms with Gasteiger partial charge in [-0.15, -0.1) is 0 Å². The summed E-state index contributed by atoms with van der Waals surface area (Å²) in [6, 6.07) is 16.4. The van der Waals surface area contributed by atoms with Crippen LogP contribution in [0.1, 0.15) is 35.8 Å². The van der Waals surface area contributed by atoms with E-state index in [1.54, 1.807) is 6.92 Å². The summed E-state index contributed by atoms with van der Waals surface area (Å²) in [5, 5.41) is 0. The summed E-state index contributed by atoms with van der Waals surface area (Å²) in [4.78, 5) is 14.2. The number of carbonyl (C=O) groups is 1. The fourth-order valence-corrected chi connectivity index (χ4v) is 4.82. The van der Waals surface area contributed by atoms with E-state index in [1.165, 1.54) is 34.1 Å². The Morgan fingerprint density at radius 2 is 1.61 bits per heavy atom. The molecule has 1 aliphatic rings. The maximum absolute atomic E-state index is 12.9. The molecule has 1 atom stereocenters. The molecule has 0 aromatic heterocycles. The highest BCUT2D eigenvalue weighted by molar-refractivity contribution is 7.89. The number of carbonyl (C=O) groups excluding carboxylic acids is 1. The van der Waals surface area contributed by atoms with E-state index in [2.05, 4.69) is 24.0 Å². The van der Waals surface area contributed by atoms with Crippen LogP contribution in [0.4, 0.5) is 0 Å². The lowest BCUT2D eigenvalue weighted by molar-refractivity contribution is 0.0526. The van der Waals surface area contributed by atoms with Crippen LogP contribution < -0.4 is 0 Å². The molecule has 28 heavy (non-hydrogen) atoms. The normalized spacial score (nSPS) is 17.2. The van der Waals surface area contributed by atoms with Crippen LogP contribution in [0.25, 0.3) is 0 Å². The van der Waals surface area contributed by atoms with Gasteiger partial charge in [0.1, 0.15) is 0 Å². The first kappa shape index (κ1) is 20.5. The molecule has 1 fully saturated rings. The van der Waals surface area contributed by atoms with Crippen LogP contribution in [0.2, 0.25) is 0 Å². The topological polar surface area (TPSA) is 66.9 Å². The van der Waals surface area contributed by atoms with Crippen molar-refractivity contribution in [2.24, 2.45) is 0 Å². The van der Waals surface area contributed by atoms with Crippen molar-refractivity contribution in [2.45, 2.75) is 24.8 Å². The second-order valence-corrected chi connectivity index (χ2v) is 8.71. The molecule has 7 heteroatoms. The van der Waals surface area contributed by atoms with Gasteiger partial charge in [-0.3, -0.25) is 4.90 Å². The monoisotopic (exact) mass is 402 g/mol. The highest BCUT2D eigenvalue weighted by Crippen LogP contribution is 2.24. The molecule has 2 aromatic carbocycles. The van der Waals surface area contributed by atoms with E-state index in [9.17, 15) is 13.2 Å². The third kappa shape index (κ3) is 4.43. The highest BCUT2D eigenvalue weighted by atomic mass is 32.2. The number of benzene rings is 2. The Labute approximate surface area is 166 Å². The zero-order chi connectivity index (χ0) is 20.1. The number of hydrogen-bond donors (Lipinski definition) is 0. The van der Waals surface area contributed by atoms with Crippen molar-refractivity contribution in [2.75, 3.05) is 32.8 Å². The van der Waals surface area contributed by atoms with Crippen LogP contribution >= 0.6 is 0 Å². The third-order valence-corrected chi connectivity index (χ3v) is 7.02. The number of esters is 1. The van der Waals surface area contributed by atoms with Crippen LogP contribution in [-0.2, 0) is 14.8 Å². The number of piperazine rings is 1. The maximum atomic E-state index is 12.9. The second-order valence-electron chi connectivity index (χ2n) is 6.77. The molecule has 6 nitrogen and oxygen atoms in total. The summed E-state index contributed by atoms with van der Waals surface area (Å²) in [7, 11) is -3.58. The van der Waals surface area contributed by atoms with E-state index in [0.717, 1.165) is 0 Å². The summed E-state index contributed by atoms with van der Waals surface area (Å²) >= 11 is 0. The zero-order valence-electron chi connectivity index (χ0n) is 16.2. The number of sulfonamides is 1. The molecule has 1 saturated heterocycles. The van der Waals surface area contributed by atoms with Crippen LogP contribution in [0, 0.1) is 0 Å². The number of nitrogens with zero attached hydrogens (tertiary/aromatic N) is 2. The first-order valence-corrected chi connectivity index (χ1v) is 10.9. The summed E-state index contributed by atoms with van der Waals surface area (Å²) in [6.45, 7) is 6.40. The molecule has 0 radical (unpaired) electrons. The molecule has 0 unspecified atom stereocenters. The average molecular weight is 403 g/mol. The van der Waals surface area contributed by atoms with Crippen molar-refractivity contribution < 1.29 is 17.9 Å². The quantitative estimate of drug-likeness (QED) is 0.695. The average Bonchev–Trinajstić information content (AvgIpc) is 2.74. The van der Waals surface area contributed by atoms with Gasteiger partial charge in [-0.1, -0.05) is 30.3 Å². The molecule has 0 amide bonds. The maximum Gasteiger partial charge on any atom is 0.338 e. The number of rotatable bonds is 6. The van der Waals surface area contributed by atoms with Crippen molar-refractivity contribution in [3.05, 3.63) is 65.7 Å². The number of ether oxygens (including phenoxy) is 1. The summed E-state index contributed by atoms with van der Waals surface area (Å²) < 4.78 is 32.3. The molecule has 1 aliphatic heterocycles. The van der Waals surface area contributed by atoms with Crippen LogP contribution in [-0.4, -0.2) is 56.4 Å². The van der Waals surface area contributed by atoms with Gasteiger partial charge >= 0.3 is 5.97 Å². The van der Waals surface area contributed by atoms with Crippen LogP contribution in [0.5, 0.6) is 0 Å². The van der Waals surface area contributed by atoms with Gasteiger partial charge in [-0.25, -0.2) is 13.2 Å². The lowest BCUT2D eigenvalue weighted by atomic mass is 10.1. The largest absolute Gasteiger partial charge is 0.462 e. The molecular formula is C21H26N2O4S. The van der Waals surface area contributed by atoms with Gasteiger partial charge in [0, 0.05) is 32.2 Å². The van der Waals surface area contributed by atoms with E-state index < -0.39 is 16.0 Å². The molecule has 0 N–H and O–H groups in total. The molecule has 0 bridgehead atoms. The van der Waals surface area contributed by atoms with Crippen molar-refractivity contribution in [1.29, 1.82) is 0 Å². The Balaban J connectivity index is 1.65. The van der Waals surface area contributed by atoms with E-state index in [0.29, 0.717) is 31.7 Å². The fraction of sp³-hybridized carbons (Fsp3) is 0.381. The lowest BCUT2D eigenvalue weighted by Gasteiger charge is -2.37. The summed E-state index contributed by atoms with van der Waals surface area (Å²) in [5.41, 5.74) is 1.58. The summed E-state index contributed by atoms with van der Waals surface area (Å²) in [5.74, 6) is -0.449. The smallest absolute Gasteiger partial charge is 0.338 e. The minimum Gasteiger partial charge on any atom is -0.462 e. The Kier molecular flexibility index (Phi) is 6.49. The first-order chi connectivity index (χ1) is 13.4. The van der Waals surface area contributed by atoms with Crippen molar-refractivity contribution in [3.63, 3.8) is 0 Å². The summed E-state index contributed by atoms with van der Waals surface area (Å²) in [6.07, 6.45) is 0. The number of hydrogen-bond acceptors (Lipinski definition) is 5. The minimum absolute atomic E-state index is 0.199. The fourth-order valence-electron chi connectivity index (χ4n) is 3.40. The van der Waals surface area contributed by atoms with E-state index in [-0.39, 0.29) is 17.5 Å². The predicted octanol–water partition coefficient (Wildman–Crippen LogP) is 2.93. The van der Waals surface area contributed by atoms with Gasteiger partial charge in [0.2, 0.25) is 10.0 Å². The van der Waals surface area contributed by atoms with E-state index in [4.69, 9.17) is 4.74 Å². The SMILES string of the molecule is CCOC(=O)c1ccc(S(=O)(=O)N2CCN([C@@H](C)c3ccccc3)CC2)cc1. The Bertz CT molecular complexity index is 890. The molecular weight excluding hydrogens is 376 g/mol. The van der Waals surface area contributed by atoms with Gasteiger partial charge in [-0.2, -0.15) is 4.31 Å². The third-order valence-electron chi connectivity index (χ3n) is 5.11. The van der Waals surface area contributed by atoms with Crippen LogP contribution in [0.3, 0.4) is 0 Å². The molecule has 0 spiro atoms. The van der Waals surface area contributed by atoms with Crippen molar-refractivity contribution in [3.8, 4) is 0 Å². The second kappa shape index (κ2) is 8.86. The van der Waals surface area contributed by atoms with Gasteiger partial charge < -0.3 is 4.74 Å². The van der Waals surface area contributed by atoms with Gasteiger partial charge in [0.05, 0.1) is 17.1 Å². The predicted molar refractivity (Wildman–Crippen MR) is 108 cm³/mol. The van der Waals surface area contributed by atoms with Gasteiger partial charge in [0.15, 0.2) is 0 Å². The molecule has 2 aromatic rings. The van der Waals surface area contributed by atoms with Crippen LogP contribution in [0.15, 0.2) is 59.5 Å². The Hall–Kier alpha value is -2.22. The molecule has 0 aliphatic carbocycles. The molecule has 3 rings (SSSR count). The standard InChI is InChI=1S/C21H26N2O4S/c1-3-27-21(24)19-9-11-20(12-10-19)28(25,26)23-15-13-22(14-16-23)17(2)18-7-5-4-6-8-18/h4-12,17H,3,13-16H2,1-2H3/t17-/m0/s1. The molecule has 1 heterocycles. The molecule has 0 saturated carbocycles.